The first-order valence-corrected chi connectivity index (χ1v) is 8.40. The Bertz CT molecular complexity index is 745. The minimum absolute atomic E-state index is 0.315. The second kappa shape index (κ2) is 5.44. The summed E-state index contributed by atoms with van der Waals surface area (Å²) in [5, 5.41) is 0. The first-order chi connectivity index (χ1) is 10.1. The number of aromatic nitrogens is 2. The summed E-state index contributed by atoms with van der Waals surface area (Å²) in [6, 6.07) is 5.43. The molecule has 0 saturated carbocycles. The van der Waals surface area contributed by atoms with E-state index in [0.29, 0.717) is 10.7 Å². The van der Waals surface area contributed by atoms with Crippen LogP contribution in [0.1, 0.15) is 24.0 Å². The molecular weight excluding hydrogens is 286 g/mol. The summed E-state index contributed by atoms with van der Waals surface area (Å²) in [7, 11) is -2.10. The van der Waals surface area contributed by atoms with Crippen molar-refractivity contribution in [3.8, 4) is 0 Å². The molecule has 0 bridgehead atoms. The molecule has 0 amide bonds. The Hall–Kier alpha value is -1.95. The molecular formula is C15H17N3O2S. The molecule has 0 fully saturated rings. The third-order valence-electron chi connectivity index (χ3n) is 3.85. The van der Waals surface area contributed by atoms with Crippen molar-refractivity contribution in [3.63, 3.8) is 0 Å². The van der Waals surface area contributed by atoms with Crippen molar-refractivity contribution < 1.29 is 8.42 Å². The molecule has 0 atom stereocenters. The Morgan fingerprint density at radius 3 is 2.57 bits per heavy atom. The van der Waals surface area contributed by atoms with E-state index in [1.54, 1.807) is 12.1 Å². The Balaban J connectivity index is 1.98. The van der Waals surface area contributed by atoms with Crippen molar-refractivity contribution in [2.75, 3.05) is 11.4 Å². The van der Waals surface area contributed by atoms with Crippen molar-refractivity contribution in [3.05, 3.63) is 47.9 Å². The molecule has 3 rings (SSSR count). The molecule has 5 nitrogen and oxygen atoms in total. The normalized spacial score (nSPS) is 14.5. The molecule has 1 aliphatic carbocycles. The summed E-state index contributed by atoms with van der Waals surface area (Å²) in [6.45, 7) is 0. The van der Waals surface area contributed by atoms with E-state index in [1.165, 1.54) is 41.9 Å². The third-order valence-corrected chi connectivity index (χ3v) is 5.61. The van der Waals surface area contributed by atoms with Crippen LogP contribution < -0.4 is 4.31 Å². The van der Waals surface area contributed by atoms with Gasteiger partial charge in [0.15, 0.2) is 5.82 Å². The lowest BCUT2D eigenvalue weighted by atomic mass is 9.92. The Morgan fingerprint density at radius 2 is 1.86 bits per heavy atom. The summed E-state index contributed by atoms with van der Waals surface area (Å²) in [5.41, 5.74) is 2.41. The zero-order valence-corrected chi connectivity index (χ0v) is 12.7. The average Bonchev–Trinajstić information content (AvgIpc) is 2.54. The number of sulfonamides is 1. The standard InChI is InChI=1S/C15H17N3O2S/c1-18(15-11-16-8-9-17-15)21(19,20)14-7-6-12-4-2-3-5-13(12)10-14/h6-11H,2-5H2,1H3. The van der Waals surface area contributed by atoms with Crippen LogP contribution in [-0.4, -0.2) is 25.4 Å². The molecule has 1 heterocycles. The molecule has 2 aromatic rings. The van der Waals surface area contributed by atoms with Crippen LogP contribution in [0.2, 0.25) is 0 Å². The van der Waals surface area contributed by atoms with E-state index in [2.05, 4.69) is 9.97 Å². The minimum Gasteiger partial charge on any atom is -0.259 e. The molecule has 1 aromatic heterocycles. The van der Waals surface area contributed by atoms with Gasteiger partial charge in [0.2, 0.25) is 0 Å². The van der Waals surface area contributed by atoms with E-state index in [4.69, 9.17) is 0 Å². The molecule has 110 valence electrons. The number of rotatable bonds is 3. The van der Waals surface area contributed by atoms with Crippen molar-refractivity contribution in [2.45, 2.75) is 30.6 Å². The van der Waals surface area contributed by atoms with Gasteiger partial charge in [-0.1, -0.05) is 6.07 Å². The monoisotopic (exact) mass is 303 g/mol. The largest absolute Gasteiger partial charge is 0.265 e. The smallest absolute Gasteiger partial charge is 0.259 e. The quantitative estimate of drug-likeness (QED) is 0.872. The molecule has 21 heavy (non-hydrogen) atoms. The van der Waals surface area contributed by atoms with Gasteiger partial charge in [-0.15, -0.1) is 0 Å². The summed E-state index contributed by atoms with van der Waals surface area (Å²) >= 11 is 0. The van der Waals surface area contributed by atoms with Crippen molar-refractivity contribution in [1.29, 1.82) is 0 Å². The molecule has 0 aliphatic heterocycles. The first kappa shape index (κ1) is 14.0. The highest BCUT2D eigenvalue weighted by atomic mass is 32.2. The topological polar surface area (TPSA) is 63.2 Å². The van der Waals surface area contributed by atoms with Crippen LogP contribution in [0.5, 0.6) is 0 Å². The van der Waals surface area contributed by atoms with Gasteiger partial charge in [0.1, 0.15) is 0 Å². The van der Waals surface area contributed by atoms with Crippen LogP contribution in [0.15, 0.2) is 41.7 Å². The number of aryl methyl sites for hydroxylation is 2. The maximum absolute atomic E-state index is 12.7. The van der Waals surface area contributed by atoms with Crippen LogP contribution in [0.25, 0.3) is 0 Å². The molecule has 0 spiro atoms. The van der Waals surface area contributed by atoms with Crippen molar-refractivity contribution in [2.24, 2.45) is 0 Å². The molecule has 1 aliphatic rings. The third kappa shape index (κ3) is 2.63. The van der Waals surface area contributed by atoms with Crippen LogP contribution in [0.4, 0.5) is 5.82 Å². The van der Waals surface area contributed by atoms with Crippen LogP contribution in [0, 0.1) is 0 Å². The highest BCUT2D eigenvalue weighted by Crippen LogP contribution is 2.26. The van der Waals surface area contributed by atoms with E-state index in [9.17, 15) is 8.42 Å². The molecule has 0 saturated heterocycles. The maximum Gasteiger partial charge on any atom is 0.265 e. The molecule has 1 aromatic carbocycles. The van der Waals surface area contributed by atoms with Crippen LogP contribution in [-0.2, 0) is 22.9 Å². The highest BCUT2D eigenvalue weighted by molar-refractivity contribution is 7.92. The van der Waals surface area contributed by atoms with E-state index >= 15 is 0 Å². The Kier molecular flexibility index (Phi) is 3.63. The zero-order valence-electron chi connectivity index (χ0n) is 11.9. The number of fused-ring (bicyclic) bond motifs is 1. The van der Waals surface area contributed by atoms with Crippen LogP contribution >= 0.6 is 0 Å². The van der Waals surface area contributed by atoms with Gasteiger partial charge in [-0.2, -0.15) is 0 Å². The van der Waals surface area contributed by atoms with Crippen LogP contribution in [0.3, 0.4) is 0 Å². The fourth-order valence-corrected chi connectivity index (χ4v) is 3.79. The van der Waals surface area contributed by atoms with E-state index in [1.807, 2.05) is 6.07 Å². The van der Waals surface area contributed by atoms with Gasteiger partial charge in [0.05, 0.1) is 11.1 Å². The summed E-state index contributed by atoms with van der Waals surface area (Å²) in [4.78, 5) is 8.27. The van der Waals surface area contributed by atoms with Gasteiger partial charge in [-0.25, -0.2) is 13.4 Å². The summed E-state index contributed by atoms with van der Waals surface area (Å²) < 4.78 is 26.5. The van der Waals surface area contributed by atoms with Gasteiger partial charge in [0.25, 0.3) is 10.0 Å². The number of anilines is 1. The minimum atomic E-state index is -3.59. The molecule has 0 N–H and O–H groups in total. The van der Waals surface area contributed by atoms with E-state index < -0.39 is 10.0 Å². The van der Waals surface area contributed by atoms with E-state index in [0.717, 1.165) is 24.8 Å². The maximum atomic E-state index is 12.7. The Morgan fingerprint density at radius 1 is 1.10 bits per heavy atom. The number of hydrogen-bond acceptors (Lipinski definition) is 4. The lowest BCUT2D eigenvalue weighted by Gasteiger charge is -2.20. The summed E-state index contributed by atoms with van der Waals surface area (Å²) in [6.07, 6.45) is 8.73. The lowest BCUT2D eigenvalue weighted by Crippen LogP contribution is -2.27. The second-order valence-electron chi connectivity index (χ2n) is 5.17. The predicted octanol–water partition coefficient (Wildman–Crippen LogP) is 2.18. The van der Waals surface area contributed by atoms with Crippen molar-refractivity contribution in [1.82, 2.24) is 9.97 Å². The number of benzene rings is 1. The fraction of sp³-hybridized carbons (Fsp3) is 0.333. The average molecular weight is 303 g/mol. The van der Waals surface area contributed by atoms with Gasteiger partial charge >= 0.3 is 0 Å². The zero-order chi connectivity index (χ0) is 14.9. The molecule has 6 heteroatoms. The van der Waals surface area contributed by atoms with Gasteiger partial charge in [-0.05, 0) is 48.9 Å². The van der Waals surface area contributed by atoms with E-state index in [-0.39, 0.29) is 0 Å². The molecule has 0 radical (unpaired) electrons. The lowest BCUT2D eigenvalue weighted by molar-refractivity contribution is 0.593. The first-order valence-electron chi connectivity index (χ1n) is 6.96. The highest BCUT2D eigenvalue weighted by Gasteiger charge is 2.23. The predicted molar refractivity (Wildman–Crippen MR) is 80.7 cm³/mol. The number of nitrogens with zero attached hydrogens (tertiary/aromatic N) is 3. The van der Waals surface area contributed by atoms with Crippen molar-refractivity contribution >= 4 is 15.8 Å². The van der Waals surface area contributed by atoms with Gasteiger partial charge in [0, 0.05) is 19.4 Å². The Labute approximate surface area is 124 Å². The molecule has 0 unspecified atom stereocenters. The fourth-order valence-electron chi connectivity index (χ4n) is 2.61. The summed E-state index contributed by atoms with van der Waals surface area (Å²) in [5.74, 6) is 0.315. The number of hydrogen-bond donors (Lipinski definition) is 0. The second-order valence-corrected chi connectivity index (χ2v) is 7.14. The van der Waals surface area contributed by atoms with Gasteiger partial charge < -0.3 is 0 Å². The SMILES string of the molecule is CN(c1cnccn1)S(=O)(=O)c1ccc2c(c1)CCCC2. The van der Waals surface area contributed by atoms with Gasteiger partial charge in [-0.3, -0.25) is 9.29 Å².